The van der Waals surface area contributed by atoms with Crippen LogP contribution in [0.3, 0.4) is 0 Å². The number of hydrogen-bond donors (Lipinski definition) is 1. The molecule has 0 unspecified atom stereocenters. The topological polar surface area (TPSA) is 68.4 Å². The van der Waals surface area contributed by atoms with Gasteiger partial charge in [-0.1, -0.05) is 0 Å². The van der Waals surface area contributed by atoms with Gasteiger partial charge in [-0.15, -0.1) is 0 Å². The van der Waals surface area contributed by atoms with Crippen molar-refractivity contribution in [3.63, 3.8) is 0 Å². The fourth-order valence-electron chi connectivity index (χ4n) is 1.24. The molecule has 0 spiro atoms. The van der Waals surface area contributed by atoms with E-state index in [1.54, 1.807) is 0 Å². The molecule has 0 bridgehead atoms. The zero-order chi connectivity index (χ0) is 13.0. The first-order chi connectivity index (χ1) is 8.01. The predicted octanol–water partition coefficient (Wildman–Crippen LogP) is 1.50. The smallest absolute Gasteiger partial charge is 0.355 e. The molecule has 0 saturated carbocycles. The Hall–Kier alpha value is -1.92. The van der Waals surface area contributed by atoms with Gasteiger partial charge in [0.2, 0.25) is 0 Å². The summed E-state index contributed by atoms with van der Waals surface area (Å²) in [4.78, 5) is 25.1. The van der Waals surface area contributed by atoms with Gasteiger partial charge in [-0.05, 0) is 6.92 Å². The second-order valence-electron chi connectivity index (χ2n) is 3.01. The second-order valence-corrected chi connectivity index (χ2v) is 3.01. The third-order valence-corrected chi connectivity index (χ3v) is 1.96. The van der Waals surface area contributed by atoms with Crippen molar-refractivity contribution in [2.24, 2.45) is 0 Å². The lowest BCUT2D eigenvalue weighted by Gasteiger charge is -2.09. The molecule has 0 aliphatic heterocycles. The minimum Gasteiger partial charge on any atom is -0.482 e. The highest BCUT2D eigenvalue weighted by molar-refractivity contribution is 5.89. The Morgan fingerprint density at radius 3 is 2.65 bits per heavy atom. The maximum Gasteiger partial charge on any atom is 0.355 e. The van der Waals surface area contributed by atoms with Gasteiger partial charge >= 0.3 is 5.97 Å². The molecule has 1 heterocycles. The largest absolute Gasteiger partial charge is 0.482 e. The highest BCUT2D eigenvalue weighted by Crippen LogP contribution is 2.20. The molecule has 0 radical (unpaired) electrons. The molecule has 1 aromatic heterocycles. The van der Waals surface area contributed by atoms with Gasteiger partial charge in [0.25, 0.3) is 6.43 Å². The van der Waals surface area contributed by atoms with Crippen LogP contribution in [0.4, 0.5) is 8.78 Å². The van der Waals surface area contributed by atoms with E-state index < -0.39 is 29.1 Å². The monoisotopic (exact) mass is 247 g/mol. The van der Waals surface area contributed by atoms with E-state index in [0.717, 1.165) is 6.07 Å². The summed E-state index contributed by atoms with van der Waals surface area (Å²) < 4.78 is 34.6. The van der Waals surface area contributed by atoms with Crippen LogP contribution in [0.25, 0.3) is 0 Å². The highest BCUT2D eigenvalue weighted by atomic mass is 19.3. The van der Waals surface area contributed by atoms with Crippen LogP contribution >= 0.6 is 0 Å². The number of esters is 1. The summed E-state index contributed by atoms with van der Waals surface area (Å²) in [7, 11) is 1.24. The number of rotatable bonds is 4. The molecule has 17 heavy (non-hydrogen) atoms. The minimum atomic E-state index is -3.07. The van der Waals surface area contributed by atoms with Crippen LogP contribution in [0.2, 0.25) is 0 Å². The number of aromatic nitrogens is 1. The molecule has 0 aliphatic rings. The Bertz CT molecular complexity index is 470. The lowest BCUT2D eigenvalue weighted by molar-refractivity contribution is 0.0506. The average molecular weight is 247 g/mol. The van der Waals surface area contributed by atoms with Gasteiger partial charge < -0.3 is 14.5 Å². The summed E-state index contributed by atoms with van der Waals surface area (Å²) in [6, 6.07) is 0.851. The lowest BCUT2D eigenvalue weighted by atomic mass is 10.2. The SMILES string of the molecule is CCOC(=O)c1[nH]c(OC)cc(=O)c1C(F)F. The summed E-state index contributed by atoms with van der Waals surface area (Å²) in [5.74, 6) is -1.10. The van der Waals surface area contributed by atoms with Crippen LogP contribution in [0, 0.1) is 0 Å². The lowest BCUT2D eigenvalue weighted by Crippen LogP contribution is -2.20. The molecule has 94 valence electrons. The Labute approximate surface area is 95.4 Å². The summed E-state index contributed by atoms with van der Waals surface area (Å²) in [6.45, 7) is 1.54. The summed E-state index contributed by atoms with van der Waals surface area (Å²) in [5, 5.41) is 0. The molecule has 5 nitrogen and oxygen atoms in total. The second kappa shape index (κ2) is 5.42. The van der Waals surface area contributed by atoms with Gasteiger partial charge in [-0.3, -0.25) is 4.79 Å². The van der Waals surface area contributed by atoms with Gasteiger partial charge in [0, 0.05) is 6.07 Å². The summed E-state index contributed by atoms with van der Waals surface area (Å²) in [6.07, 6.45) is -3.07. The molecular weight excluding hydrogens is 236 g/mol. The van der Waals surface area contributed by atoms with E-state index in [1.807, 2.05) is 0 Å². The first-order valence-electron chi connectivity index (χ1n) is 4.77. The zero-order valence-corrected chi connectivity index (χ0v) is 9.25. The highest BCUT2D eigenvalue weighted by Gasteiger charge is 2.24. The molecule has 0 fully saturated rings. The minimum absolute atomic E-state index is 0.0146. The van der Waals surface area contributed by atoms with Crippen LogP contribution in [0.1, 0.15) is 29.4 Å². The van der Waals surface area contributed by atoms with E-state index in [4.69, 9.17) is 4.74 Å². The van der Waals surface area contributed by atoms with Crippen LogP contribution in [-0.2, 0) is 4.74 Å². The Morgan fingerprint density at radius 2 is 2.18 bits per heavy atom. The Morgan fingerprint density at radius 1 is 1.53 bits per heavy atom. The maximum atomic E-state index is 12.7. The van der Waals surface area contributed by atoms with Crippen molar-refractivity contribution in [3.8, 4) is 5.88 Å². The number of alkyl halides is 2. The molecule has 7 heteroatoms. The molecule has 1 rings (SSSR count). The van der Waals surface area contributed by atoms with E-state index in [2.05, 4.69) is 9.72 Å². The predicted molar refractivity (Wildman–Crippen MR) is 54.5 cm³/mol. The Balaban J connectivity index is 3.37. The van der Waals surface area contributed by atoms with Crippen molar-refractivity contribution < 1.29 is 23.0 Å². The van der Waals surface area contributed by atoms with Gasteiger partial charge in [-0.25, -0.2) is 13.6 Å². The van der Waals surface area contributed by atoms with Crippen molar-refractivity contribution in [1.82, 2.24) is 4.98 Å². The molecule has 0 aliphatic carbocycles. The molecular formula is C10H11F2NO4. The average Bonchev–Trinajstić information content (AvgIpc) is 2.27. The fourth-order valence-corrected chi connectivity index (χ4v) is 1.24. The van der Waals surface area contributed by atoms with Gasteiger partial charge in [0.1, 0.15) is 5.69 Å². The van der Waals surface area contributed by atoms with Gasteiger partial charge in [0.15, 0.2) is 11.3 Å². The van der Waals surface area contributed by atoms with Crippen LogP contribution in [-0.4, -0.2) is 24.7 Å². The standard InChI is InChI=1S/C10H11F2NO4/c1-3-17-10(15)8-7(9(11)12)5(14)4-6(13-8)16-2/h4,9H,3H2,1-2H3,(H,13,14). The van der Waals surface area contributed by atoms with Crippen LogP contribution in [0.5, 0.6) is 5.88 Å². The third kappa shape index (κ3) is 2.80. The first-order valence-corrected chi connectivity index (χ1v) is 4.77. The molecule has 0 aromatic carbocycles. The Kier molecular flexibility index (Phi) is 4.19. The number of methoxy groups -OCH3 is 1. The number of ether oxygens (including phenoxy) is 2. The van der Waals surface area contributed by atoms with E-state index in [9.17, 15) is 18.4 Å². The normalized spacial score (nSPS) is 10.4. The van der Waals surface area contributed by atoms with Crippen molar-refractivity contribution in [2.75, 3.05) is 13.7 Å². The number of pyridine rings is 1. The zero-order valence-electron chi connectivity index (χ0n) is 9.25. The van der Waals surface area contributed by atoms with Crippen molar-refractivity contribution >= 4 is 5.97 Å². The summed E-state index contributed by atoms with van der Waals surface area (Å²) in [5.41, 5.74) is -2.46. The van der Waals surface area contributed by atoms with Crippen molar-refractivity contribution in [1.29, 1.82) is 0 Å². The molecule has 1 N–H and O–H groups in total. The number of H-pyrrole nitrogens is 1. The number of hydrogen-bond acceptors (Lipinski definition) is 4. The number of aromatic amines is 1. The van der Waals surface area contributed by atoms with Crippen molar-refractivity contribution in [3.05, 3.63) is 27.5 Å². The number of carbonyl (C=O) groups is 1. The molecule has 0 atom stereocenters. The van der Waals surface area contributed by atoms with E-state index in [1.165, 1.54) is 14.0 Å². The number of nitrogens with one attached hydrogen (secondary N) is 1. The van der Waals surface area contributed by atoms with Crippen LogP contribution < -0.4 is 10.2 Å². The quantitative estimate of drug-likeness (QED) is 0.818. The van der Waals surface area contributed by atoms with Crippen molar-refractivity contribution in [2.45, 2.75) is 13.3 Å². The molecule has 0 amide bonds. The summed E-state index contributed by atoms with van der Waals surface area (Å²) >= 11 is 0. The molecule has 1 aromatic rings. The molecule has 0 saturated heterocycles. The van der Waals surface area contributed by atoms with E-state index >= 15 is 0 Å². The number of carbonyl (C=O) groups excluding carboxylic acids is 1. The first kappa shape index (κ1) is 13.1. The maximum absolute atomic E-state index is 12.7. The van der Waals surface area contributed by atoms with E-state index in [-0.39, 0.29) is 12.5 Å². The fraction of sp³-hybridized carbons (Fsp3) is 0.400. The third-order valence-electron chi connectivity index (χ3n) is 1.96. The van der Waals surface area contributed by atoms with Gasteiger partial charge in [0.05, 0.1) is 19.3 Å². The van der Waals surface area contributed by atoms with E-state index in [0.29, 0.717) is 0 Å². The number of halogens is 2. The van der Waals surface area contributed by atoms with Crippen LogP contribution in [0.15, 0.2) is 10.9 Å². The van der Waals surface area contributed by atoms with Gasteiger partial charge in [-0.2, -0.15) is 0 Å².